The number of methoxy groups -OCH3 is 1. The minimum Gasteiger partial charge on any atom is -0.479 e. The lowest BCUT2D eigenvalue weighted by molar-refractivity contribution is -0.228. The maximum Gasteiger partial charge on any atom is 0.335 e. The standard InChI is InChI=1S/C63H100N6O25/c1-43(2)55(60(77)64-44(3)50(70)39-45-8-9-47(42-93-62(80)63(4,5)6)46(38-45)10-11-51-56(74)57(75)58(76)59(94-51)61(78)79)65-52(71)40-49(69-53(72)12-13-54(69)73)48-41-68(67-66-48)14-15-82-18-19-84-22-23-86-26-27-88-30-31-90-34-35-92-37-36-91-33-32-89-29-28-87-25-24-85-21-20-83-17-16-81-7/h8-9,12-13,38,41,43-44,49,51,55-59,74-76H,10-11,14-37,39-40,42H2,1-7H3,(H,64,77)(H,65,71)(H,78,79)/t44-,49+,51-,55-,56-,57+,58-,59-/m0/s1. The number of aryl methyl sites for hydroxylation is 1. The minimum atomic E-state index is -1.87. The van der Waals surface area contributed by atoms with Crippen molar-refractivity contribution in [2.45, 2.75) is 129 Å². The molecule has 31 heteroatoms. The number of hydrogen-bond donors (Lipinski definition) is 6. The molecule has 4 rings (SSSR count). The molecular weight excluding hydrogens is 1240 g/mol. The molecule has 0 saturated carbocycles. The molecule has 6 N–H and O–H groups in total. The zero-order valence-electron chi connectivity index (χ0n) is 55.3. The van der Waals surface area contributed by atoms with Crippen molar-refractivity contribution in [3.05, 3.63) is 58.9 Å². The van der Waals surface area contributed by atoms with Crippen LogP contribution in [-0.4, -0.2) is 283 Å². The van der Waals surface area contributed by atoms with Gasteiger partial charge in [0.2, 0.25) is 11.8 Å². The summed E-state index contributed by atoms with van der Waals surface area (Å²) in [6, 6.07) is 1.54. The van der Waals surface area contributed by atoms with Crippen LogP contribution in [0.4, 0.5) is 0 Å². The first-order chi connectivity index (χ1) is 45.1. The van der Waals surface area contributed by atoms with E-state index in [0.29, 0.717) is 155 Å². The molecule has 31 nitrogen and oxygen atoms in total. The number of carbonyl (C=O) groups excluding carboxylic acids is 6. The third-order valence-electron chi connectivity index (χ3n) is 14.4. The number of aliphatic hydroxyl groups is 3. The Bertz CT molecular complexity index is 2570. The lowest BCUT2D eigenvalue weighted by Gasteiger charge is -2.39. The fraction of sp³-hybridized carbons (Fsp3) is 0.730. The Hall–Kier alpha value is -5.85. The zero-order chi connectivity index (χ0) is 68.7. The molecule has 4 amide bonds. The summed E-state index contributed by atoms with van der Waals surface area (Å²) >= 11 is 0. The molecule has 94 heavy (non-hydrogen) atoms. The topological polar surface area (TPSA) is 388 Å². The summed E-state index contributed by atoms with van der Waals surface area (Å²) in [6.45, 7) is 19.9. The molecule has 1 saturated heterocycles. The van der Waals surface area contributed by atoms with Gasteiger partial charge in [0.05, 0.1) is 195 Å². The Balaban J connectivity index is 1.09. The number of aliphatic hydroxyl groups excluding tert-OH is 3. The highest BCUT2D eigenvalue weighted by molar-refractivity contribution is 6.13. The van der Waals surface area contributed by atoms with Crippen LogP contribution in [0.2, 0.25) is 0 Å². The van der Waals surface area contributed by atoms with E-state index in [1.165, 1.54) is 17.8 Å². The van der Waals surface area contributed by atoms with Crippen LogP contribution in [0, 0.1) is 11.3 Å². The van der Waals surface area contributed by atoms with E-state index in [1.807, 2.05) is 0 Å². The summed E-state index contributed by atoms with van der Waals surface area (Å²) in [5.41, 5.74) is 0.904. The number of rotatable bonds is 53. The van der Waals surface area contributed by atoms with Crippen molar-refractivity contribution >= 4 is 41.4 Å². The summed E-state index contributed by atoms with van der Waals surface area (Å²) in [7, 11) is 1.63. The lowest BCUT2D eigenvalue weighted by atomic mass is 9.90. The second kappa shape index (κ2) is 45.6. The van der Waals surface area contributed by atoms with Crippen LogP contribution in [0.5, 0.6) is 0 Å². The third kappa shape index (κ3) is 30.9. The monoisotopic (exact) mass is 1340 g/mol. The van der Waals surface area contributed by atoms with E-state index >= 15 is 0 Å². The van der Waals surface area contributed by atoms with Gasteiger partial charge in [-0.1, -0.05) is 37.3 Å². The summed E-state index contributed by atoms with van der Waals surface area (Å²) in [5.74, 6) is -5.65. The number of hydrogen-bond acceptors (Lipinski definition) is 26. The average molecular weight is 1340 g/mol. The molecule has 0 bridgehead atoms. The number of Topliss-reactive ketones (excluding diaryl/α,β-unsaturated/α-hetero) is 1. The Kier molecular flexibility index (Phi) is 39.1. The molecule has 0 radical (unpaired) electrons. The van der Waals surface area contributed by atoms with Gasteiger partial charge in [-0.05, 0) is 63.1 Å². The van der Waals surface area contributed by atoms with Crippen molar-refractivity contribution in [1.29, 1.82) is 0 Å². The number of esters is 1. The number of carboxylic acids is 1. The van der Waals surface area contributed by atoms with Crippen molar-refractivity contribution in [2.75, 3.05) is 159 Å². The first kappa shape index (κ1) is 80.6. The molecule has 1 fully saturated rings. The molecule has 0 spiro atoms. The van der Waals surface area contributed by atoms with Gasteiger partial charge in [0, 0.05) is 25.7 Å². The van der Waals surface area contributed by atoms with Crippen molar-refractivity contribution in [2.24, 2.45) is 11.3 Å². The van der Waals surface area contributed by atoms with Gasteiger partial charge in [0.25, 0.3) is 11.8 Å². The molecule has 1 aromatic carbocycles. The van der Waals surface area contributed by atoms with Crippen LogP contribution >= 0.6 is 0 Å². The Morgan fingerprint density at radius 2 is 1.10 bits per heavy atom. The molecular formula is C63H100N6O25. The number of nitrogens with one attached hydrogen (secondary N) is 2. The predicted octanol–water partition coefficient (Wildman–Crippen LogP) is -0.123. The number of carbonyl (C=O) groups is 7. The minimum absolute atomic E-state index is 0.0327. The highest BCUT2D eigenvalue weighted by atomic mass is 16.6. The molecule has 2 aromatic rings. The Morgan fingerprint density at radius 3 is 1.54 bits per heavy atom. The Morgan fingerprint density at radius 1 is 0.628 bits per heavy atom. The summed E-state index contributed by atoms with van der Waals surface area (Å²) in [6.07, 6.45) is -5.25. The van der Waals surface area contributed by atoms with E-state index in [4.69, 9.17) is 66.3 Å². The van der Waals surface area contributed by atoms with E-state index in [0.717, 1.165) is 17.1 Å². The molecule has 2 aliphatic heterocycles. The highest BCUT2D eigenvalue weighted by Gasteiger charge is 2.46. The highest BCUT2D eigenvalue weighted by Crippen LogP contribution is 2.29. The van der Waals surface area contributed by atoms with Gasteiger partial charge in [-0.15, -0.1) is 5.10 Å². The maximum absolute atomic E-state index is 13.8. The summed E-state index contributed by atoms with van der Waals surface area (Å²) in [4.78, 5) is 92.6. The number of benzene rings is 1. The fourth-order valence-corrected chi connectivity index (χ4v) is 9.12. The number of amides is 4. The van der Waals surface area contributed by atoms with Gasteiger partial charge in [-0.25, -0.2) is 9.48 Å². The number of aromatic nitrogens is 3. The summed E-state index contributed by atoms with van der Waals surface area (Å²) in [5, 5.41) is 54.5. The second-order valence-electron chi connectivity index (χ2n) is 23.3. The number of ether oxygens (including phenoxy) is 14. The summed E-state index contributed by atoms with van der Waals surface area (Å²) < 4.78 is 78.0. The smallest absolute Gasteiger partial charge is 0.335 e. The van der Waals surface area contributed by atoms with Gasteiger partial charge in [0.15, 0.2) is 11.9 Å². The third-order valence-corrected chi connectivity index (χ3v) is 14.4. The quantitative estimate of drug-likeness (QED) is 0.0286. The van der Waals surface area contributed by atoms with E-state index in [2.05, 4.69) is 20.9 Å². The van der Waals surface area contributed by atoms with Gasteiger partial charge in [-0.3, -0.25) is 33.7 Å². The first-order valence-corrected chi connectivity index (χ1v) is 31.7. The van der Waals surface area contributed by atoms with Crippen molar-refractivity contribution < 1.29 is 120 Å². The van der Waals surface area contributed by atoms with Crippen molar-refractivity contribution in [3.8, 4) is 0 Å². The van der Waals surface area contributed by atoms with Crippen LogP contribution < -0.4 is 10.6 Å². The van der Waals surface area contributed by atoms with Gasteiger partial charge < -0.3 is 97.4 Å². The van der Waals surface area contributed by atoms with E-state index < -0.39 is 108 Å². The molecule has 2 aliphatic rings. The van der Waals surface area contributed by atoms with Crippen LogP contribution in [0.15, 0.2) is 36.5 Å². The van der Waals surface area contributed by atoms with Gasteiger partial charge in [-0.2, -0.15) is 0 Å². The van der Waals surface area contributed by atoms with Gasteiger partial charge >= 0.3 is 11.9 Å². The SMILES string of the molecule is COCCOCCOCCOCCOCCOCCOCCOCCOCCOCCOCCOCCn1cc([C@@H](CC(=O)N[C@H](C(=O)N[C@@H](C)C(=O)Cc2ccc(COC(=O)C(C)(C)C)c(CC[C@@H]3O[C@H](C(=O)O)[C@@H](O)[C@H](O)[C@H]3O)c2)C(C)C)N2C(=O)C=CC2=O)nn1. The number of ketones is 1. The molecule has 532 valence electrons. The van der Waals surface area contributed by atoms with Crippen molar-refractivity contribution in [1.82, 2.24) is 30.5 Å². The predicted molar refractivity (Wildman–Crippen MR) is 331 cm³/mol. The van der Waals surface area contributed by atoms with E-state index in [9.17, 15) is 54.0 Å². The fourth-order valence-electron chi connectivity index (χ4n) is 9.12. The molecule has 1 aromatic heterocycles. The van der Waals surface area contributed by atoms with E-state index in [1.54, 1.807) is 59.9 Å². The largest absolute Gasteiger partial charge is 0.479 e. The van der Waals surface area contributed by atoms with Crippen LogP contribution in [0.1, 0.15) is 82.8 Å². The first-order valence-electron chi connectivity index (χ1n) is 31.7. The molecule has 8 atom stereocenters. The van der Waals surface area contributed by atoms with Crippen LogP contribution in [-0.2, 0) is 126 Å². The molecule has 0 aliphatic carbocycles. The Labute approximate surface area is 548 Å². The number of imide groups is 1. The number of aliphatic carboxylic acids is 1. The maximum atomic E-state index is 13.8. The van der Waals surface area contributed by atoms with Gasteiger partial charge in [0.1, 0.15) is 36.7 Å². The van der Waals surface area contributed by atoms with E-state index in [-0.39, 0.29) is 51.3 Å². The van der Waals surface area contributed by atoms with Crippen LogP contribution in [0.3, 0.4) is 0 Å². The zero-order valence-corrected chi connectivity index (χ0v) is 55.3. The lowest BCUT2D eigenvalue weighted by Crippen LogP contribution is -2.59. The number of carboxylic acid groups (broad SMARTS) is 1. The molecule has 0 unspecified atom stereocenters. The number of nitrogens with zero attached hydrogens (tertiary/aromatic N) is 4. The second-order valence-corrected chi connectivity index (χ2v) is 23.3. The van der Waals surface area contributed by atoms with Crippen LogP contribution in [0.25, 0.3) is 0 Å². The molecule has 3 heterocycles. The average Bonchev–Trinajstić information content (AvgIpc) is 1.43. The van der Waals surface area contributed by atoms with Crippen molar-refractivity contribution in [3.63, 3.8) is 0 Å². The normalized spacial score (nSPS) is 18.4.